The van der Waals surface area contributed by atoms with Gasteiger partial charge in [-0.05, 0) is 6.07 Å². The molecule has 4 nitrogen and oxygen atoms in total. The van der Waals surface area contributed by atoms with Gasteiger partial charge in [0.25, 0.3) is 0 Å². The summed E-state index contributed by atoms with van der Waals surface area (Å²) in [5.74, 6) is 0.233. The fraction of sp³-hybridized carbons (Fsp3) is 0.364. The van der Waals surface area contributed by atoms with Gasteiger partial charge in [0.2, 0.25) is 0 Å². The van der Waals surface area contributed by atoms with E-state index in [4.69, 9.17) is 14.9 Å². The molecule has 2 aromatic heterocycles. The molecule has 3 rings (SSSR count). The molecule has 0 aromatic carbocycles. The van der Waals surface area contributed by atoms with Crippen molar-refractivity contribution in [2.45, 2.75) is 12.0 Å². The first-order valence-corrected chi connectivity index (χ1v) is 6.04. The zero-order valence-corrected chi connectivity index (χ0v) is 9.44. The number of rotatable bonds is 2. The van der Waals surface area contributed by atoms with Gasteiger partial charge in [0, 0.05) is 22.9 Å². The van der Waals surface area contributed by atoms with Gasteiger partial charge in [0.1, 0.15) is 11.3 Å². The van der Waals surface area contributed by atoms with Crippen molar-refractivity contribution in [1.29, 1.82) is 0 Å². The van der Waals surface area contributed by atoms with Crippen LogP contribution in [-0.2, 0) is 4.74 Å². The van der Waals surface area contributed by atoms with E-state index in [1.54, 1.807) is 23.9 Å². The number of ether oxygens (including phenoxy) is 1. The molecule has 0 aliphatic carbocycles. The summed E-state index contributed by atoms with van der Waals surface area (Å²) in [5, 5.41) is 3.03. The van der Waals surface area contributed by atoms with Crippen molar-refractivity contribution in [3.63, 3.8) is 0 Å². The van der Waals surface area contributed by atoms with Crippen LogP contribution in [0.1, 0.15) is 11.6 Å². The molecule has 2 atom stereocenters. The van der Waals surface area contributed by atoms with Crippen LogP contribution in [0.5, 0.6) is 0 Å². The lowest BCUT2D eigenvalue weighted by Gasteiger charge is -2.08. The molecule has 5 heteroatoms. The second-order valence-corrected chi connectivity index (χ2v) is 4.76. The molecule has 0 bridgehead atoms. The van der Waals surface area contributed by atoms with E-state index >= 15 is 0 Å². The van der Waals surface area contributed by atoms with Crippen molar-refractivity contribution < 1.29 is 9.15 Å². The molecule has 3 heterocycles. The Balaban J connectivity index is 1.88. The van der Waals surface area contributed by atoms with Crippen LogP contribution < -0.4 is 5.73 Å². The van der Waals surface area contributed by atoms with Crippen LogP contribution in [0, 0.1) is 0 Å². The molecule has 0 spiro atoms. The monoisotopic (exact) mass is 236 g/mol. The fourth-order valence-corrected chi connectivity index (χ4v) is 2.72. The minimum Gasteiger partial charge on any atom is -0.472 e. The number of hydrogen-bond donors (Lipinski definition) is 1. The molecule has 84 valence electrons. The summed E-state index contributed by atoms with van der Waals surface area (Å²) in [7, 11) is 0. The van der Waals surface area contributed by atoms with E-state index in [1.807, 2.05) is 6.07 Å². The van der Waals surface area contributed by atoms with E-state index in [1.165, 1.54) is 0 Å². The van der Waals surface area contributed by atoms with E-state index in [0.29, 0.717) is 13.2 Å². The lowest BCUT2D eigenvalue weighted by Crippen LogP contribution is -2.26. The zero-order valence-electron chi connectivity index (χ0n) is 8.63. The highest BCUT2D eigenvalue weighted by Gasteiger charge is 2.28. The second kappa shape index (κ2) is 4.01. The molecule has 1 aliphatic heterocycles. The van der Waals surface area contributed by atoms with Crippen molar-refractivity contribution in [2.75, 3.05) is 13.2 Å². The largest absolute Gasteiger partial charge is 0.472 e. The summed E-state index contributed by atoms with van der Waals surface area (Å²) in [6, 6.07) is 1.98. The molecule has 16 heavy (non-hydrogen) atoms. The molecular weight excluding hydrogens is 224 g/mol. The third kappa shape index (κ3) is 1.67. The number of furan rings is 1. The van der Waals surface area contributed by atoms with Crippen LogP contribution in [0.4, 0.5) is 0 Å². The topological polar surface area (TPSA) is 61.3 Å². The Morgan fingerprint density at radius 3 is 3.06 bits per heavy atom. The average Bonchev–Trinajstić information content (AvgIpc) is 2.96. The summed E-state index contributed by atoms with van der Waals surface area (Å²) in [4.78, 5) is 4.58. The van der Waals surface area contributed by atoms with Gasteiger partial charge in [-0.15, -0.1) is 11.3 Å². The number of thiazole rings is 1. The molecule has 0 amide bonds. The van der Waals surface area contributed by atoms with Crippen molar-refractivity contribution >= 4 is 11.3 Å². The SMILES string of the molecule is NC1COCC1c1csc(-c2ccoc2)n1. The lowest BCUT2D eigenvalue weighted by atomic mass is 10.0. The van der Waals surface area contributed by atoms with Crippen LogP contribution in [-0.4, -0.2) is 24.2 Å². The Bertz CT molecular complexity index is 466. The van der Waals surface area contributed by atoms with Crippen LogP contribution in [0.25, 0.3) is 10.6 Å². The van der Waals surface area contributed by atoms with Crippen LogP contribution in [0.15, 0.2) is 28.4 Å². The molecule has 1 fully saturated rings. The molecule has 1 aliphatic rings. The van der Waals surface area contributed by atoms with Gasteiger partial charge in [-0.2, -0.15) is 0 Å². The molecule has 2 unspecified atom stereocenters. The molecule has 0 radical (unpaired) electrons. The number of aromatic nitrogens is 1. The van der Waals surface area contributed by atoms with E-state index in [-0.39, 0.29) is 12.0 Å². The minimum atomic E-state index is 0.0688. The standard InChI is InChI=1S/C11H12N2O2S/c12-9-5-15-4-8(9)10-6-16-11(13-10)7-1-2-14-3-7/h1-3,6,8-9H,4-5,12H2. The normalized spacial score (nSPS) is 25.1. The molecular formula is C11H12N2O2S. The van der Waals surface area contributed by atoms with Gasteiger partial charge >= 0.3 is 0 Å². The third-order valence-corrected chi connectivity index (χ3v) is 3.70. The Morgan fingerprint density at radius 1 is 1.44 bits per heavy atom. The molecule has 0 saturated carbocycles. The van der Waals surface area contributed by atoms with Crippen molar-refractivity contribution in [2.24, 2.45) is 5.73 Å². The minimum absolute atomic E-state index is 0.0688. The van der Waals surface area contributed by atoms with E-state index in [2.05, 4.69) is 10.4 Å². The number of hydrogen-bond acceptors (Lipinski definition) is 5. The van der Waals surface area contributed by atoms with Gasteiger partial charge in [-0.25, -0.2) is 4.98 Å². The van der Waals surface area contributed by atoms with Crippen molar-refractivity contribution in [3.8, 4) is 10.6 Å². The first-order valence-electron chi connectivity index (χ1n) is 5.16. The predicted molar refractivity (Wildman–Crippen MR) is 61.4 cm³/mol. The molecule has 1 saturated heterocycles. The highest BCUT2D eigenvalue weighted by molar-refractivity contribution is 7.13. The summed E-state index contributed by atoms with van der Waals surface area (Å²) in [6.07, 6.45) is 3.36. The highest BCUT2D eigenvalue weighted by Crippen LogP contribution is 2.30. The molecule has 2 N–H and O–H groups in total. The zero-order chi connectivity index (χ0) is 11.0. The van der Waals surface area contributed by atoms with E-state index in [9.17, 15) is 0 Å². The van der Waals surface area contributed by atoms with Crippen LogP contribution >= 0.6 is 11.3 Å². The fourth-order valence-electron chi connectivity index (χ4n) is 1.85. The number of nitrogens with zero attached hydrogens (tertiary/aromatic N) is 1. The first kappa shape index (κ1) is 10.0. The summed E-state index contributed by atoms with van der Waals surface area (Å²) in [6.45, 7) is 1.30. The molecule has 2 aromatic rings. The quantitative estimate of drug-likeness (QED) is 0.864. The Kier molecular flexibility index (Phi) is 2.51. The smallest absolute Gasteiger partial charge is 0.126 e. The maximum Gasteiger partial charge on any atom is 0.126 e. The van der Waals surface area contributed by atoms with E-state index in [0.717, 1.165) is 16.3 Å². The third-order valence-electron chi connectivity index (χ3n) is 2.79. The lowest BCUT2D eigenvalue weighted by molar-refractivity contribution is 0.190. The number of nitrogens with two attached hydrogens (primary N) is 1. The van der Waals surface area contributed by atoms with Crippen molar-refractivity contribution in [3.05, 3.63) is 29.7 Å². The summed E-state index contributed by atoms with van der Waals surface area (Å²) < 4.78 is 10.4. The van der Waals surface area contributed by atoms with Gasteiger partial charge < -0.3 is 14.9 Å². The van der Waals surface area contributed by atoms with Gasteiger partial charge in [-0.3, -0.25) is 0 Å². The predicted octanol–water partition coefficient (Wildman–Crippen LogP) is 1.84. The Morgan fingerprint density at radius 2 is 2.38 bits per heavy atom. The van der Waals surface area contributed by atoms with Crippen LogP contribution in [0.3, 0.4) is 0 Å². The van der Waals surface area contributed by atoms with Gasteiger partial charge in [0.15, 0.2) is 0 Å². The van der Waals surface area contributed by atoms with Gasteiger partial charge in [0.05, 0.1) is 25.2 Å². The Labute approximate surface area is 97.1 Å². The van der Waals surface area contributed by atoms with Crippen molar-refractivity contribution in [1.82, 2.24) is 4.98 Å². The second-order valence-electron chi connectivity index (χ2n) is 3.90. The maximum atomic E-state index is 5.96. The van der Waals surface area contributed by atoms with E-state index < -0.39 is 0 Å². The Hall–Kier alpha value is -1.17. The average molecular weight is 236 g/mol. The maximum absolute atomic E-state index is 5.96. The summed E-state index contributed by atoms with van der Waals surface area (Å²) in [5.41, 5.74) is 8.01. The highest BCUT2D eigenvalue weighted by atomic mass is 32.1. The van der Waals surface area contributed by atoms with Crippen LogP contribution in [0.2, 0.25) is 0 Å². The summed E-state index contributed by atoms with van der Waals surface area (Å²) >= 11 is 1.61. The van der Waals surface area contributed by atoms with Gasteiger partial charge in [-0.1, -0.05) is 0 Å². The first-order chi connectivity index (χ1) is 7.84.